The van der Waals surface area contributed by atoms with E-state index in [0.29, 0.717) is 28.7 Å². The van der Waals surface area contributed by atoms with Gasteiger partial charge >= 0.3 is 0 Å². The summed E-state index contributed by atoms with van der Waals surface area (Å²) in [4.78, 5) is 21.9. The van der Waals surface area contributed by atoms with Crippen molar-refractivity contribution in [2.24, 2.45) is 0 Å². The average molecular weight is 458 g/mol. The van der Waals surface area contributed by atoms with E-state index in [0.717, 1.165) is 28.1 Å². The Morgan fingerprint density at radius 2 is 1.79 bits per heavy atom. The molecule has 5 rings (SSSR count). The normalized spacial score (nSPS) is 11.8. The molecule has 0 bridgehead atoms. The second kappa shape index (κ2) is 9.03. The van der Waals surface area contributed by atoms with E-state index in [1.54, 1.807) is 12.1 Å². The lowest BCUT2D eigenvalue weighted by molar-refractivity contribution is -0.113. The Hall–Kier alpha value is -3.71. The molecule has 0 saturated carbocycles. The highest BCUT2D eigenvalue weighted by Crippen LogP contribution is 2.40. The zero-order valence-corrected chi connectivity index (χ0v) is 18.7. The number of carbonyl (C=O) groups is 1. The summed E-state index contributed by atoms with van der Waals surface area (Å²) in [5.41, 5.74) is 4.43. The Balaban J connectivity index is 1.43. The van der Waals surface area contributed by atoms with Crippen LogP contribution in [0.5, 0.6) is 11.6 Å². The average Bonchev–Trinajstić information content (AvgIpc) is 2.83. The van der Waals surface area contributed by atoms with Gasteiger partial charge in [0.15, 0.2) is 5.82 Å². The maximum absolute atomic E-state index is 13.4. The van der Waals surface area contributed by atoms with Gasteiger partial charge in [-0.05, 0) is 55.0 Å². The molecule has 33 heavy (non-hydrogen) atoms. The molecule has 164 valence electrons. The summed E-state index contributed by atoms with van der Waals surface area (Å²) in [6.45, 7) is 2.00. The second-order valence-corrected chi connectivity index (χ2v) is 8.70. The quantitative estimate of drug-likeness (QED) is 0.258. The number of thioether (sulfide) groups is 1. The van der Waals surface area contributed by atoms with Gasteiger partial charge in [-0.15, -0.1) is 0 Å². The highest BCUT2D eigenvalue weighted by molar-refractivity contribution is 8.00. The van der Waals surface area contributed by atoms with Crippen LogP contribution in [0.3, 0.4) is 0 Å². The van der Waals surface area contributed by atoms with E-state index in [2.05, 4.69) is 10.3 Å². The Labute approximate surface area is 195 Å². The fraction of sp³-hybridized carbons (Fsp3) is 0.115. The number of aryl methyl sites for hydroxylation is 1. The van der Waals surface area contributed by atoms with Gasteiger partial charge in [-0.3, -0.25) is 4.79 Å². The highest BCUT2D eigenvalue weighted by Gasteiger charge is 2.24. The molecule has 1 amide bonds. The van der Waals surface area contributed by atoms with Crippen LogP contribution in [0.15, 0.2) is 77.8 Å². The topological polar surface area (TPSA) is 64.1 Å². The van der Waals surface area contributed by atoms with E-state index in [1.807, 2.05) is 55.5 Å². The van der Waals surface area contributed by atoms with Gasteiger partial charge in [0.05, 0.1) is 11.3 Å². The van der Waals surface area contributed by atoms with Crippen molar-refractivity contribution in [2.45, 2.75) is 18.4 Å². The lowest BCUT2D eigenvalue weighted by Crippen LogP contribution is -2.15. The molecule has 0 saturated heterocycles. The summed E-state index contributed by atoms with van der Waals surface area (Å²) >= 11 is 1.33. The number of hydrogen-bond donors (Lipinski definition) is 1. The summed E-state index contributed by atoms with van der Waals surface area (Å²) in [6.07, 6.45) is 0.608. The molecule has 0 aliphatic carbocycles. The number of nitrogens with one attached hydrogen (secondary N) is 1. The van der Waals surface area contributed by atoms with Crippen molar-refractivity contribution in [1.29, 1.82) is 0 Å². The Kier molecular flexibility index (Phi) is 5.79. The molecule has 0 spiro atoms. The largest absolute Gasteiger partial charge is 0.438 e. The predicted molar refractivity (Wildman–Crippen MR) is 127 cm³/mol. The fourth-order valence-corrected chi connectivity index (χ4v) is 4.36. The predicted octanol–water partition coefficient (Wildman–Crippen LogP) is 6.02. The fourth-order valence-electron chi connectivity index (χ4n) is 3.54. The van der Waals surface area contributed by atoms with Gasteiger partial charge in [0.1, 0.15) is 16.6 Å². The Morgan fingerprint density at radius 1 is 1.03 bits per heavy atom. The number of hydrogen-bond acceptors (Lipinski definition) is 5. The smallest absolute Gasteiger partial charge is 0.234 e. The minimum Gasteiger partial charge on any atom is -0.438 e. The summed E-state index contributed by atoms with van der Waals surface area (Å²) in [5.74, 6) is 1.36. The molecular formula is C26H20FN3O2S. The highest BCUT2D eigenvalue weighted by atomic mass is 32.2. The Morgan fingerprint density at radius 3 is 2.58 bits per heavy atom. The first kappa shape index (κ1) is 21.2. The molecule has 0 unspecified atom stereocenters. The third-order valence-corrected chi connectivity index (χ3v) is 6.27. The molecule has 1 aromatic heterocycles. The standard InChI is InChI=1S/C26H20FN3O2S/c1-16-6-12-20(13-7-16)28-23(31)15-33-26-21-14-18-4-2-3-5-22(18)32-25(21)29-24(30-26)17-8-10-19(27)11-9-17/h2-13H,14-15H2,1H3,(H,28,31). The number of aromatic nitrogens is 2. The van der Waals surface area contributed by atoms with Crippen LogP contribution in [-0.4, -0.2) is 21.6 Å². The molecule has 5 nitrogen and oxygen atoms in total. The number of anilines is 1. The van der Waals surface area contributed by atoms with Crippen molar-refractivity contribution in [2.75, 3.05) is 11.1 Å². The van der Waals surface area contributed by atoms with Gasteiger partial charge in [0.2, 0.25) is 11.8 Å². The second-order valence-electron chi connectivity index (χ2n) is 7.73. The Bertz CT molecular complexity index is 1320. The van der Waals surface area contributed by atoms with Crippen LogP contribution in [0.1, 0.15) is 16.7 Å². The molecule has 0 radical (unpaired) electrons. The van der Waals surface area contributed by atoms with Crippen molar-refractivity contribution < 1.29 is 13.9 Å². The molecule has 1 aliphatic heterocycles. The van der Waals surface area contributed by atoms with Crippen LogP contribution in [0, 0.1) is 12.7 Å². The van der Waals surface area contributed by atoms with E-state index < -0.39 is 0 Å². The maximum atomic E-state index is 13.4. The lowest BCUT2D eigenvalue weighted by Gasteiger charge is -2.21. The molecule has 3 aromatic carbocycles. The van der Waals surface area contributed by atoms with Crippen LogP contribution in [0.2, 0.25) is 0 Å². The number of ether oxygens (including phenoxy) is 1. The van der Waals surface area contributed by atoms with Crippen LogP contribution in [0.4, 0.5) is 10.1 Å². The van der Waals surface area contributed by atoms with E-state index >= 15 is 0 Å². The van der Waals surface area contributed by atoms with Crippen LogP contribution in [-0.2, 0) is 11.2 Å². The van der Waals surface area contributed by atoms with Crippen molar-refractivity contribution in [3.8, 4) is 23.0 Å². The van der Waals surface area contributed by atoms with Gasteiger partial charge in [0, 0.05) is 17.7 Å². The molecule has 0 atom stereocenters. The van der Waals surface area contributed by atoms with E-state index in [1.165, 1.54) is 23.9 Å². The maximum Gasteiger partial charge on any atom is 0.234 e. The van der Waals surface area contributed by atoms with E-state index in [-0.39, 0.29) is 17.5 Å². The first-order chi connectivity index (χ1) is 16.0. The number of halogens is 1. The first-order valence-corrected chi connectivity index (χ1v) is 11.5. The summed E-state index contributed by atoms with van der Waals surface area (Å²) in [7, 11) is 0. The summed E-state index contributed by atoms with van der Waals surface area (Å²) < 4.78 is 19.5. The first-order valence-electron chi connectivity index (χ1n) is 10.5. The van der Waals surface area contributed by atoms with Gasteiger partial charge in [-0.25, -0.2) is 9.37 Å². The number of carbonyl (C=O) groups excluding carboxylic acids is 1. The van der Waals surface area contributed by atoms with Gasteiger partial charge in [0.25, 0.3) is 0 Å². The van der Waals surface area contributed by atoms with E-state index in [4.69, 9.17) is 9.72 Å². The number of benzene rings is 3. The molecule has 0 fully saturated rings. The van der Waals surface area contributed by atoms with Crippen LogP contribution >= 0.6 is 11.8 Å². The number of amides is 1. The number of rotatable bonds is 5. The number of nitrogens with zero attached hydrogens (tertiary/aromatic N) is 2. The monoisotopic (exact) mass is 457 g/mol. The van der Waals surface area contributed by atoms with Gasteiger partial charge in [-0.1, -0.05) is 47.7 Å². The minimum absolute atomic E-state index is 0.128. The summed E-state index contributed by atoms with van der Waals surface area (Å²) in [5, 5.41) is 3.59. The lowest BCUT2D eigenvalue weighted by atomic mass is 10.0. The van der Waals surface area contributed by atoms with Crippen molar-refractivity contribution in [3.05, 3.63) is 95.3 Å². The molecular weight excluding hydrogens is 437 g/mol. The number of fused-ring (bicyclic) bond motifs is 2. The van der Waals surface area contributed by atoms with Crippen LogP contribution in [0.25, 0.3) is 11.4 Å². The zero-order valence-electron chi connectivity index (χ0n) is 17.8. The molecule has 2 heterocycles. The molecule has 1 aliphatic rings. The molecule has 4 aromatic rings. The zero-order chi connectivity index (χ0) is 22.8. The number of para-hydroxylation sites is 1. The third kappa shape index (κ3) is 4.73. The molecule has 1 N–H and O–H groups in total. The van der Waals surface area contributed by atoms with Crippen molar-refractivity contribution in [3.63, 3.8) is 0 Å². The van der Waals surface area contributed by atoms with Gasteiger partial charge in [-0.2, -0.15) is 4.98 Å². The van der Waals surface area contributed by atoms with Crippen LogP contribution < -0.4 is 10.1 Å². The third-order valence-electron chi connectivity index (χ3n) is 5.26. The summed E-state index contributed by atoms with van der Waals surface area (Å²) in [6, 6.07) is 21.4. The SMILES string of the molecule is Cc1ccc(NC(=O)CSc2nc(-c3ccc(F)cc3)nc3c2Cc2ccccc2O3)cc1. The van der Waals surface area contributed by atoms with E-state index in [9.17, 15) is 9.18 Å². The van der Waals surface area contributed by atoms with Crippen molar-refractivity contribution >= 4 is 23.4 Å². The molecule has 7 heteroatoms. The minimum atomic E-state index is -0.329. The van der Waals surface area contributed by atoms with Crippen molar-refractivity contribution in [1.82, 2.24) is 9.97 Å². The van der Waals surface area contributed by atoms with Gasteiger partial charge < -0.3 is 10.1 Å².